The van der Waals surface area contributed by atoms with Gasteiger partial charge in [-0.1, -0.05) is 0 Å². The molecule has 1 amide bonds. The van der Waals surface area contributed by atoms with Gasteiger partial charge in [-0.2, -0.15) is 4.98 Å². The van der Waals surface area contributed by atoms with Crippen molar-refractivity contribution in [2.75, 3.05) is 44.0 Å². The molecule has 1 aliphatic carbocycles. The van der Waals surface area contributed by atoms with Crippen molar-refractivity contribution < 1.29 is 19.4 Å². The summed E-state index contributed by atoms with van der Waals surface area (Å²) in [6.07, 6.45) is 3.50. The molecule has 2 aromatic heterocycles. The fraction of sp³-hybridized carbons (Fsp3) is 0.550. The monoisotopic (exact) mass is 429 g/mol. The first-order valence-corrected chi connectivity index (χ1v) is 10.3. The molecule has 1 saturated carbocycles. The summed E-state index contributed by atoms with van der Waals surface area (Å²) in [4.78, 5) is 33.0. The number of nitrogen functional groups attached to an aromatic ring is 1. The molecule has 3 heterocycles. The van der Waals surface area contributed by atoms with Crippen LogP contribution in [-0.2, 0) is 9.53 Å². The molecule has 2 fully saturated rings. The fourth-order valence-electron chi connectivity index (χ4n) is 3.59. The minimum absolute atomic E-state index is 0.0395. The fourth-order valence-corrected chi connectivity index (χ4v) is 3.59. The van der Waals surface area contributed by atoms with Gasteiger partial charge in [0, 0.05) is 63.0 Å². The predicted octanol–water partition coefficient (Wildman–Crippen LogP) is 0.101. The number of nitrogens with zero attached hydrogens (tertiary/aromatic N) is 6. The first kappa shape index (κ1) is 21.2. The Morgan fingerprint density at radius 3 is 2.61 bits per heavy atom. The van der Waals surface area contributed by atoms with E-state index in [1.165, 1.54) is 6.92 Å². The zero-order valence-electron chi connectivity index (χ0n) is 17.6. The standard InChI is InChI=1S/C20H27N7O4/c1-12(28)18(29)26(2)14-7-15(8-14)31-17-9-16(13-10-22-19(21)23-11-13)24-20(25-17)27-3-5-30-6-4-27/h9-12,14-15,28H,3-8H2,1-2H3,(H2,21,22,23)/t12-,14?,15?/m0/s1. The minimum Gasteiger partial charge on any atom is -0.474 e. The number of aliphatic hydroxyl groups excluding tert-OH is 1. The number of carbonyl (C=O) groups excluding carboxylic acids is 1. The number of ether oxygens (including phenoxy) is 2. The summed E-state index contributed by atoms with van der Waals surface area (Å²) in [5.41, 5.74) is 6.96. The van der Waals surface area contributed by atoms with Gasteiger partial charge in [-0.25, -0.2) is 15.0 Å². The Labute approximate surface area is 180 Å². The molecule has 1 atom stereocenters. The quantitative estimate of drug-likeness (QED) is 0.650. The van der Waals surface area contributed by atoms with Gasteiger partial charge in [0.25, 0.3) is 5.91 Å². The van der Waals surface area contributed by atoms with Gasteiger partial charge in [-0.3, -0.25) is 4.79 Å². The topological polar surface area (TPSA) is 140 Å². The summed E-state index contributed by atoms with van der Waals surface area (Å²) in [5.74, 6) is 0.922. The van der Waals surface area contributed by atoms with Gasteiger partial charge in [-0.15, -0.1) is 0 Å². The van der Waals surface area contributed by atoms with Crippen LogP contribution in [0.3, 0.4) is 0 Å². The molecule has 2 aromatic rings. The first-order valence-electron chi connectivity index (χ1n) is 10.3. The van der Waals surface area contributed by atoms with Gasteiger partial charge in [0.2, 0.25) is 17.8 Å². The van der Waals surface area contributed by atoms with Crippen LogP contribution in [-0.4, -0.2) is 87.5 Å². The van der Waals surface area contributed by atoms with Crippen LogP contribution in [0.4, 0.5) is 11.9 Å². The Morgan fingerprint density at radius 1 is 1.29 bits per heavy atom. The van der Waals surface area contributed by atoms with Gasteiger partial charge in [0.05, 0.1) is 18.9 Å². The van der Waals surface area contributed by atoms with E-state index < -0.39 is 6.10 Å². The third-order valence-corrected chi connectivity index (χ3v) is 5.56. The predicted molar refractivity (Wildman–Crippen MR) is 112 cm³/mol. The highest BCUT2D eigenvalue weighted by molar-refractivity contribution is 5.80. The van der Waals surface area contributed by atoms with Crippen molar-refractivity contribution in [1.29, 1.82) is 0 Å². The van der Waals surface area contributed by atoms with Crippen LogP contribution in [0, 0.1) is 0 Å². The molecule has 166 valence electrons. The summed E-state index contributed by atoms with van der Waals surface area (Å²) in [5, 5.41) is 9.50. The molecule has 1 saturated heterocycles. The van der Waals surface area contributed by atoms with E-state index in [1.54, 1.807) is 30.4 Å². The normalized spacial score (nSPS) is 21.8. The van der Waals surface area contributed by atoms with E-state index >= 15 is 0 Å². The molecule has 11 heteroatoms. The summed E-state index contributed by atoms with van der Waals surface area (Å²) in [6.45, 7) is 4.09. The lowest BCUT2D eigenvalue weighted by Crippen LogP contribution is -2.52. The molecule has 0 bridgehead atoms. The van der Waals surface area contributed by atoms with E-state index in [1.807, 2.05) is 0 Å². The number of rotatable bonds is 6. The van der Waals surface area contributed by atoms with E-state index in [9.17, 15) is 9.90 Å². The lowest BCUT2D eigenvalue weighted by Gasteiger charge is -2.41. The molecule has 0 radical (unpaired) electrons. The second kappa shape index (κ2) is 8.98. The Bertz CT molecular complexity index is 912. The lowest BCUT2D eigenvalue weighted by molar-refractivity contribution is -0.143. The van der Waals surface area contributed by atoms with Crippen molar-refractivity contribution in [2.24, 2.45) is 0 Å². The molecular formula is C20H27N7O4. The number of carbonyl (C=O) groups is 1. The molecule has 31 heavy (non-hydrogen) atoms. The van der Waals surface area contributed by atoms with E-state index in [2.05, 4.69) is 24.8 Å². The average molecular weight is 429 g/mol. The van der Waals surface area contributed by atoms with Crippen molar-refractivity contribution in [3.8, 4) is 17.1 Å². The maximum absolute atomic E-state index is 12.0. The molecule has 3 N–H and O–H groups in total. The summed E-state index contributed by atoms with van der Waals surface area (Å²) >= 11 is 0. The molecule has 11 nitrogen and oxygen atoms in total. The summed E-state index contributed by atoms with van der Waals surface area (Å²) in [6, 6.07) is 1.80. The van der Waals surface area contributed by atoms with Crippen LogP contribution < -0.4 is 15.4 Å². The Kier molecular flexibility index (Phi) is 6.14. The van der Waals surface area contributed by atoms with Gasteiger partial charge in [0.1, 0.15) is 12.2 Å². The van der Waals surface area contributed by atoms with Crippen LogP contribution in [0.15, 0.2) is 18.5 Å². The Balaban J connectivity index is 1.51. The van der Waals surface area contributed by atoms with E-state index in [4.69, 9.17) is 15.2 Å². The largest absolute Gasteiger partial charge is 0.474 e. The number of aromatic nitrogens is 4. The number of hydrogen-bond acceptors (Lipinski definition) is 10. The highest BCUT2D eigenvalue weighted by atomic mass is 16.5. The number of hydrogen-bond donors (Lipinski definition) is 2. The molecule has 1 aliphatic heterocycles. The minimum atomic E-state index is -1.01. The van der Waals surface area contributed by atoms with Gasteiger partial charge in [-0.05, 0) is 6.92 Å². The number of aliphatic hydroxyl groups is 1. The second-order valence-corrected chi connectivity index (χ2v) is 7.81. The van der Waals surface area contributed by atoms with E-state index in [-0.39, 0.29) is 24.0 Å². The zero-order valence-corrected chi connectivity index (χ0v) is 17.6. The smallest absolute Gasteiger partial charge is 0.251 e. The third kappa shape index (κ3) is 4.83. The molecule has 0 spiro atoms. The van der Waals surface area contributed by atoms with E-state index in [0.29, 0.717) is 62.2 Å². The zero-order chi connectivity index (χ0) is 22.0. The number of anilines is 2. The van der Waals surface area contributed by atoms with Crippen molar-refractivity contribution in [3.63, 3.8) is 0 Å². The number of amides is 1. The highest BCUT2D eigenvalue weighted by Gasteiger charge is 2.37. The Hall–Kier alpha value is -3.05. The van der Waals surface area contributed by atoms with Crippen LogP contribution in [0.5, 0.6) is 5.88 Å². The molecule has 0 aromatic carbocycles. The maximum Gasteiger partial charge on any atom is 0.251 e. The second-order valence-electron chi connectivity index (χ2n) is 7.81. The molecule has 2 aliphatic rings. The lowest BCUT2D eigenvalue weighted by atomic mass is 9.88. The average Bonchev–Trinajstić information content (AvgIpc) is 2.76. The summed E-state index contributed by atoms with van der Waals surface area (Å²) in [7, 11) is 1.70. The van der Waals surface area contributed by atoms with Gasteiger partial charge in [0.15, 0.2) is 0 Å². The van der Waals surface area contributed by atoms with Crippen molar-refractivity contribution >= 4 is 17.8 Å². The third-order valence-electron chi connectivity index (χ3n) is 5.56. The van der Waals surface area contributed by atoms with Crippen molar-refractivity contribution in [2.45, 2.75) is 38.0 Å². The number of likely N-dealkylation sites (N-methyl/N-ethyl adjacent to an activating group) is 1. The highest BCUT2D eigenvalue weighted by Crippen LogP contribution is 2.31. The Morgan fingerprint density at radius 2 is 1.97 bits per heavy atom. The van der Waals surface area contributed by atoms with Crippen LogP contribution in [0.1, 0.15) is 19.8 Å². The van der Waals surface area contributed by atoms with Crippen LogP contribution >= 0.6 is 0 Å². The molecule has 0 unspecified atom stereocenters. The van der Waals surface area contributed by atoms with Gasteiger partial charge < -0.3 is 30.1 Å². The van der Waals surface area contributed by atoms with Crippen molar-refractivity contribution in [3.05, 3.63) is 18.5 Å². The number of nitrogens with two attached hydrogens (primary N) is 1. The van der Waals surface area contributed by atoms with Crippen LogP contribution in [0.25, 0.3) is 11.3 Å². The van der Waals surface area contributed by atoms with Crippen molar-refractivity contribution in [1.82, 2.24) is 24.8 Å². The maximum atomic E-state index is 12.0. The summed E-state index contributed by atoms with van der Waals surface area (Å²) < 4.78 is 11.5. The van der Waals surface area contributed by atoms with Crippen LogP contribution in [0.2, 0.25) is 0 Å². The SMILES string of the molecule is C[C@H](O)C(=O)N(C)C1CC(Oc2cc(-c3cnc(N)nc3)nc(N3CCOCC3)n2)C1. The van der Waals surface area contributed by atoms with E-state index in [0.717, 1.165) is 0 Å². The number of morpholine rings is 1. The molecular weight excluding hydrogens is 402 g/mol. The molecule has 4 rings (SSSR count). The first-order chi connectivity index (χ1) is 14.9. The van der Waals surface area contributed by atoms with Gasteiger partial charge >= 0.3 is 0 Å².